The van der Waals surface area contributed by atoms with E-state index in [1.165, 1.54) is 0 Å². The van der Waals surface area contributed by atoms with Crippen molar-refractivity contribution in [2.45, 2.75) is 19.4 Å². The molecule has 0 aliphatic carbocycles. The maximum atomic E-state index is 12.5. The molecule has 5 heteroatoms. The summed E-state index contributed by atoms with van der Waals surface area (Å²) in [6, 6.07) is 12.6. The van der Waals surface area contributed by atoms with Crippen molar-refractivity contribution in [3.8, 4) is 17.2 Å². The standard InChI is InChI=1S/C21H25NO4/c1-5-6-16-13-17(7-12-20(16)25-4)21(23)22-15(2)14-26-19-10-8-18(24-3)9-11-19/h5,7-13,15H,1,6,14H2,2-4H3,(H,22,23)/t15-/m1/s1. The average Bonchev–Trinajstić information content (AvgIpc) is 2.67. The van der Waals surface area contributed by atoms with Gasteiger partial charge in [0, 0.05) is 5.56 Å². The molecule has 1 N–H and O–H groups in total. The molecule has 1 amide bonds. The summed E-state index contributed by atoms with van der Waals surface area (Å²) in [6.07, 6.45) is 2.42. The zero-order valence-corrected chi connectivity index (χ0v) is 15.5. The van der Waals surface area contributed by atoms with Gasteiger partial charge in [-0.3, -0.25) is 4.79 Å². The van der Waals surface area contributed by atoms with E-state index in [-0.39, 0.29) is 11.9 Å². The van der Waals surface area contributed by atoms with Gasteiger partial charge in [0.25, 0.3) is 5.91 Å². The van der Waals surface area contributed by atoms with Crippen molar-refractivity contribution >= 4 is 5.91 Å². The Hall–Kier alpha value is -2.95. The van der Waals surface area contributed by atoms with E-state index in [0.717, 1.165) is 22.8 Å². The summed E-state index contributed by atoms with van der Waals surface area (Å²) in [5.74, 6) is 2.10. The van der Waals surface area contributed by atoms with Crippen molar-refractivity contribution in [2.75, 3.05) is 20.8 Å². The van der Waals surface area contributed by atoms with Crippen LogP contribution in [0.2, 0.25) is 0 Å². The van der Waals surface area contributed by atoms with Crippen LogP contribution in [-0.4, -0.2) is 32.8 Å². The molecule has 0 radical (unpaired) electrons. The number of allylic oxidation sites excluding steroid dienone is 1. The van der Waals surface area contributed by atoms with Crippen molar-refractivity contribution in [2.24, 2.45) is 0 Å². The fourth-order valence-electron chi connectivity index (χ4n) is 2.48. The highest BCUT2D eigenvalue weighted by Crippen LogP contribution is 2.21. The second kappa shape index (κ2) is 9.51. The lowest BCUT2D eigenvalue weighted by atomic mass is 10.1. The van der Waals surface area contributed by atoms with E-state index in [9.17, 15) is 4.79 Å². The van der Waals surface area contributed by atoms with Gasteiger partial charge in [0.15, 0.2) is 0 Å². The Kier molecular flexibility index (Phi) is 7.09. The summed E-state index contributed by atoms with van der Waals surface area (Å²) < 4.78 is 16.1. The first-order chi connectivity index (χ1) is 12.6. The number of hydrogen-bond acceptors (Lipinski definition) is 4. The molecule has 0 aromatic heterocycles. The van der Waals surface area contributed by atoms with Crippen LogP contribution in [0, 0.1) is 0 Å². The lowest BCUT2D eigenvalue weighted by Gasteiger charge is -2.16. The Morgan fingerprint density at radius 3 is 2.42 bits per heavy atom. The summed E-state index contributed by atoms with van der Waals surface area (Å²) in [4.78, 5) is 12.5. The fraction of sp³-hybridized carbons (Fsp3) is 0.286. The number of amides is 1. The number of nitrogens with one attached hydrogen (secondary N) is 1. The van der Waals surface area contributed by atoms with E-state index in [4.69, 9.17) is 14.2 Å². The maximum Gasteiger partial charge on any atom is 0.251 e. The van der Waals surface area contributed by atoms with Crippen LogP contribution in [0.4, 0.5) is 0 Å². The van der Waals surface area contributed by atoms with E-state index < -0.39 is 0 Å². The molecule has 5 nitrogen and oxygen atoms in total. The van der Waals surface area contributed by atoms with Gasteiger partial charge in [-0.2, -0.15) is 0 Å². The van der Waals surface area contributed by atoms with Crippen LogP contribution in [0.5, 0.6) is 17.2 Å². The largest absolute Gasteiger partial charge is 0.497 e. The normalized spacial score (nSPS) is 11.3. The number of carbonyl (C=O) groups is 1. The van der Waals surface area contributed by atoms with Crippen molar-refractivity contribution < 1.29 is 19.0 Å². The third-order valence-corrected chi connectivity index (χ3v) is 3.84. The number of rotatable bonds is 9. The predicted octanol–water partition coefficient (Wildman–Crippen LogP) is 3.63. The molecule has 0 heterocycles. The highest BCUT2D eigenvalue weighted by atomic mass is 16.5. The predicted molar refractivity (Wildman–Crippen MR) is 102 cm³/mol. The van der Waals surface area contributed by atoms with E-state index in [2.05, 4.69) is 11.9 Å². The Balaban J connectivity index is 1.93. The molecule has 0 unspecified atom stereocenters. The number of benzene rings is 2. The lowest BCUT2D eigenvalue weighted by Crippen LogP contribution is -2.36. The highest BCUT2D eigenvalue weighted by Gasteiger charge is 2.13. The van der Waals surface area contributed by atoms with Gasteiger partial charge >= 0.3 is 0 Å². The zero-order chi connectivity index (χ0) is 18.9. The molecular weight excluding hydrogens is 330 g/mol. The van der Waals surface area contributed by atoms with E-state index in [1.807, 2.05) is 37.3 Å². The SMILES string of the molecule is C=CCc1cc(C(=O)N[C@H](C)COc2ccc(OC)cc2)ccc1OC. The first-order valence-electron chi connectivity index (χ1n) is 8.43. The number of ether oxygens (including phenoxy) is 3. The molecule has 2 aromatic carbocycles. The minimum atomic E-state index is -0.149. The number of hydrogen-bond donors (Lipinski definition) is 1. The zero-order valence-electron chi connectivity index (χ0n) is 15.5. The maximum absolute atomic E-state index is 12.5. The topological polar surface area (TPSA) is 56.8 Å². The van der Waals surface area contributed by atoms with Crippen LogP contribution in [0.25, 0.3) is 0 Å². The van der Waals surface area contributed by atoms with E-state index in [0.29, 0.717) is 18.6 Å². The molecule has 0 bridgehead atoms. The van der Waals surface area contributed by atoms with Crippen molar-refractivity contribution in [1.82, 2.24) is 5.32 Å². The number of methoxy groups -OCH3 is 2. The Labute approximate surface area is 154 Å². The summed E-state index contributed by atoms with van der Waals surface area (Å²) in [6.45, 7) is 6.00. The number of carbonyl (C=O) groups excluding carboxylic acids is 1. The van der Waals surface area contributed by atoms with Gasteiger partial charge in [0.1, 0.15) is 23.9 Å². The van der Waals surface area contributed by atoms with Crippen LogP contribution in [-0.2, 0) is 6.42 Å². The average molecular weight is 355 g/mol. The summed E-state index contributed by atoms with van der Waals surface area (Å²) in [5, 5.41) is 2.94. The molecule has 26 heavy (non-hydrogen) atoms. The van der Waals surface area contributed by atoms with Crippen molar-refractivity contribution in [1.29, 1.82) is 0 Å². The summed E-state index contributed by atoms with van der Waals surface area (Å²) in [5.41, 5.74) is 1.51. The molecule has 0 saturated carbocycles. The molecule has 0 spiro atoms. The fourth-order valence-corrected chi connectivity index (χ4v) is 2.48. The van der Waals surface area contributed by atoms with Gasteiger partial charge in [-0.15, -0.1) is 6.58 Å². The summed E-state index contributed by atoms with van der Waals surface area (Å²) >= 11 is 0. The van der Waals surface area contributed by atoms with Gasteiger partial charge in [-0.25, -0.2) is 0 Å². The van der Waals surface area contributed by atoms with E-state index >= 15 is 0 Å². The van der Waals surface area contributed by atoms with Crippen molar-refractivity contribution in [3.05, 3.63) is 66.2 Å². The Morgan fingerprint density at radius 1 is 1.12 bits per heavy atom. The highest BCUT2D eigenvalue weighted by molar-refractivity contribution is 5.94. The third-order valence-electron chi connectivity index (χ3n) is 3.84. The summed E-state index contributed by atoms with van der Waals surface area (Å²) in [7, 11) is 3.23. The van der Waals surface area contributed by atoms with E-state index in [1.54, 1.807) is 32.4 Å². The molecule has 0 aliphatic heterocycles. The van der Waals surface area contributed by atoms with Crippen LogP contribution in [0.15, 0.2) is 55.1 Å². The van der Waals surface area contributed by atoms with Crippen LogP contribution in [0.3, 0.4) is 0 Å². The second-order valence-electron chi connectivity index (χ2n) is 5.88. The minimum absolute atomic E-state index is 0.144. The van der Waals surface area contributed by atoms with Crippen LogP contribution in [0.1, 0.15) is 22.8 Å². The van der Waals surface area contributed by atoms with Gasteiger partial charge in [0.2, 0.25) is 0 Å². The quantitative estimate of drug-likeness (QED) is 0.698. The molecule has 138 valence electrons. The molecule has 0 fully saturated rings. The molecule has 2 rings (SSSR count). The molecule has 0 aliphatic rings. The third kappa shape index (κ3) is 5.28. The molecule has 2 aromatic rings. The molecule has 0 saturated heterocycles. The Morgan fingerprint density at radius 2 is 1.81 bits per heavy atom. The first-order valence-corrected chi connectivity index (χ1v) is 8.43. The lowest BCUT2D eigenvalue weighted by molar-refractivity contribution is 0.0926. The smallest absolute Gasteiger partial charge is 0.251 e. The van der Waals surface area contributed by atoms with Crippen molar-refractivity contribution in [3.63, 3.8) is 0 Å². The van der Waals surface area contributed by atoms with Crippen LogP contribution >= 0.6 is 0 Å². The Bertz CT molecular complexity index is 740. The minimum Gasteiger partial charge on any atom is -0.497 e. The molecule has 1 atom stereocenters. The van der Waals surface area contributed by atoms with Gasteiger partial charge in [-0.1, -0.05) is 6.08 Å². The first kappa shape index (κ1) is 19.4. The van der Waals surface area contributed by atoms with Gasteiger partial charge in [0.05, 0.1) is 20.3 Å². The second-order valence-corrected chi connectivity index (χ2v) is 5.88. The molecular formula is C21H25NO4. The van der Waals surface area contributed by atoms with Crippen LogP contribution < -0.4 is 19.5 Å². The van der Waals surface area contributed by atoms with Gasteiger partial charge < -0.3 is 19.5 Å². The van der Waals surface area contributed by atoms with Gasteiger partial charge in [-0.05, 0) is 61.4 Å². The monoisotopic (exact) mass is 355 g/mol.